The number of nitrogens with one attached hydrogen (secondary N) is 2. The van der Waals surface area contributed by atoms with E-state index in [1.807, 2.05) is 49.3 Å². The summed E-state index contributed by atoms with van der Waals surface area (Å²) in [5.41, 5.74) is 2.15. The highest BCUT2D eigenvalue weighted by atomic mass is 16.6. The predicted molar refractivity (Wildman–Crippen MR) is 128 cm³/mol. The molecule has 0 spiro atoms. The van der Waals surface area contributed by atoms with Gasteiger partial charge in [0.05, 0.1) is 10.4 Å². The largest absolute Gasteiger partial charge is 0.362 e. The van der Waals surface area contributed by atoms with Crippen molar-refractivity contribution in [2.75, 3.05) is 30.9 Å². The minimum Gasteiger partial charge on any atom is -0.362 e. The van der Waals surface area contributed by atoms with E-state index < -0.39 is 0 Å². The number of fused-ring (bicyclic) bond motifs is 1. The number of aromatic nitrogens is 2. The Morgan fingerprint density at radius 2 is 1.75 bits per heavy atom. The standard InChI is InChI=1S/C24H30N6O2/c1-29(2)23-21-5-3-4-6-22(21)27-24(28-23)26-19-11-7-17(8-12-19)15-25-16-18-9-13-20(14-10-18)30(31)32/h3-6,9-10,13-14,17,19,25H,7-8,11-12,15-16H2,1-2H3,(H,26,27,28). The van der Waals surface area contributed by atoms with Crippen LogP contribution in [-0.2, 0) is 6.54 Å². The van der Waals surface area contributed by atoms with Crippen LogP contribution in [0.15, 0.2) is 48.5 Å². The van der Waals surface area contributed by atoms with Gasteiger partial charge in [-0.2, -0.15) is 4.98 Å². The smallest absolute Gasteiger partial charge is 0.269 e. The number of nitro benzene ring substituents is 1. The van der Waals surface area contributed by atoms with Crippen molar-refractivity contribution in [3.63, 3.8) is 0 Å². The number of hydrogen-bond acceptors (Lipinski definition) is 7. The van der Waals surface area contributed by atoms with Gasteiger partial charge in [0.2, 0.25) is 5.95 Å². The molecule has 32 heavy (non-hydrogen) atoms. The van der Waals surface area contributed by atoms with Gasteiger partial charge in [0.25, 0.3) is 5.69 Å². The fourth-order valence-electron chi connectivity index (χ4n) is 4.31. The normalized spacial score (nSPS) is 18.4. The van der Waals surface area contributed by atoms with Gasteiger partial charge in [-0.05, 0) is 55.8 Å². The van der Waals surface area contributed by atoms with Gasteiger partial charge < -0.3 is 15.5 Å². The van der Waals surface area contributed by atoms with Crippen LogP contribution in [0.25, 0.3) is 10.9 Å². The Morgan fingerprint density at radius 3 is 2.44 bits per heavy atom. The fraction of sp³-hybridized carbons (Fsp3) is 0.417. The monoisotopic (exact) mass is 434 g/mol. The molecule has 2 N–H and O–H groups in total. The van der Waals surface area contributed by atoms with Crippen LogP contribution in [0, 0.1) is 16.0 Å². The molecule has 1 fully saturated rings. The Kier molecular flexibility index (Phi) is 6.80. The molecule has 0 radical (unpaired) electrons. The highest BCUT2D eigenvalue weighted by Crippen LogP contribution is 2.28. The lowest BCUT2D eigenvalue weighted by atomic mass is 9.86. The fourth-order valence-corrected chi connectivity index (χ4v) is 4.31. The van der Waals surface area contributed by atoms with Crippen molar-refractivity contribution in [2.45, 2.75) is 38.3 Å². The molecule has 0 bridgehead atoms. The van der Waals surface area contributed by atoms with E-state index in [4.69, 9.17) is 9.97 Å². The van der Waals surface area contributed by atoms with Crippen molar-refractivity contribution < 1.29 is 4.92 Å². The molecular weight excluding hydrogens is 404 g/mol. The Hall–Kier alpha value is -3.26. The minimum absolute atomic E-state index is 0.132. The van der Waals surface area contributed by atoms with Crippen LogP contribution < -0.4 is 15.5 Å². The zero-order valence-electron chi connectivity index (χ0n) is 18.6. The van der Waals surface area contributed by atoms with E-state index in [-0.39, 0.29) is 10.6 Å². The van der Waals surface area contributed by atoms with Crippen LogP contribution in [0.3, 0.4) is 0 Å². The Labute approximate surface area is 188 Å². The van der Waals surface area contributed by atoms with Crippen LogP contribution in [0.4, 0.5) is 17.5 Å². The van der Waals surface area contributed by atoms with Gasteiger partial charge in [-0.3, -0.25) is 10.1 Å². The quantitative estimate of drug-likeness (QED) is 0.401. The minimum atomic E-state index is -0.367. The van der Waals surface area contributed by atoms with Crippen molar-refractivity contribution in [2.24, 2.45) is 5.92 Å². The summed E-state index contributed by atoms with van der Waals surface area (Å²) in [7, 11) is 4.01. The van der Waals surface area contributed by atoms with E-state index in [0.717, 1.165) is 61.1 Å². The van der Waals surface area contributed by atoms with Crippen molar-refractivity contribution >= 4 is 28.4 Å². The summed E-state index contributed by atoms with van der Waals surface area (Å²) in [5.74, 6) is 2.27. The first-order chi connectivity index (χ1) is 15.5. The molecule has 0 saturated heterocycles. The lowest BCUT2D eigenvalue weighted by Gasteiger charge is -2.29. The number of nitrogens with zero attached hydrogens (tertiary/aromatic N) is 4. The van der Waals surface area contributed by atoms with Gasteiger partial charge in [0, 0.05) is 44.2 Å². The second-order valence-electron chi connectivity index (χ2n) is 8.70. The van der Waals surface area contributed by atoms with Gasteiger partial charge in [-0.25, -0.2) is 4.98 Å². The van der Waals surface area contributed by atoms with Gasteiger partial charge in [0.15, 0.2) is 0 Å². The van der Waals surface area contributed by atoms with Crippen LogP contribution in [0.1, 0.15) is 31.2 Å². The highest BCUT2D eigenvalue weighted by Gasteiger charge is 2.22. The molecule has 0 atom stereocenters. The van der Waals surface area contributed by atoms with Crippen LogP contribution >= 0.6 is 0 Å². The number of benzene rings is 2. The maximum absolute atomic E-state index is 10.8. The van der Waals surface area contributed by atoms with E-state index in [0.29, 0.717) is 17.9 Å². The molecule has 3 aromatic rings. The number of nitro groups is 1. The molecular formula is C24H30N6O2. The van der Waals surface area contributed by atoms with E-state index in [2.05, 4.69) is 16.7 Å². The molecule has 8 nitrogen and oxygen atoms in total. The number of para-hydroxylation sites is 1. The summed E-state index contributed by atoms with van der Waals surface area (Å²) in [4.78, 5) is 21.9. The molecule has 1 aliphatic carbocycles. The molecule has 1 aliphatic rings. The molecule has 2 aromatic carbocycles. The highest BCUT2D eigenvalue weighted by molar-refractivity contribution is 5.90. The molecule has 0 aliphatic heterocycles. The second-order valence-corrected chi connectivity index (χ2v) is 8.70. The third-order valence-corrected chi connectivity index (χ3v) is 6.10. The maximum Gasteiger partial charge on any atom is 0.269 e. The summed E-state index contributed by atoms with van der Waals surface area (Å²) >= 11 is 0. The number of non-ortho nitro benzene ring substituents is 1. The zero-order valence-corrected chi connectivity index (χ0v) is 18.6. The van der Waals surface area contributed by atoms with Gasteiger partial charge in [-0.1, -0.05) is 24.3 Å². The second kappa shape index (κ2) is 9.91. The molecule has 1 aromatic heterocycles. The van der Waals surface area contributed by atoms with Gasteiger partial charge >= 0.3 is 0 Å². The van der Waals surface area contributed by atoms with E-state index in [1.165, 1.54) is 0 Å². The van der Waals surface area contributed by atoms with E-state index in [9.17, 15) is 10.1 Å². The van der Waals surface area contributed by atoms with E-state index in [1.54, 1.807) is 12.1 Å². The number of rotatable bonds is 8. The summed E-state index contributed by atoms with van der Waals surface area (Å²) in [6.45, 7) is 1.69. The lowest BCUT2D eigenvalue weighted by molar-refractivity contribution is -0.384. The van der Waals surface area contributed by atoms with Crippen LogP contribution in [0.2, 0.25) is 0 Å². The topological polar surface area (TPSA) is 96.2 Å². The number of anilines is 2. The average Bonchev–Trinajstić information content (AvgIpc) is 2.80. The van der Waals surface area contributed by atoms with Crippen molar-refractivity contribution in [3.8, 4) is 0 Å². The first-order valence-electron chi connectivity index (χ1n) is 11.1. The number of hydrogen-bond donors (Lipinski definition) is 2. The van der Waals surface area contributed by atoms with Crippen LogP contribution in [-0.4, -0.2) is 41.6 Å². The average molecular weight is 435 g/mol. The SMILES string of the molecule is CN(C)c1nc(NC2CCC(CNCc3ccc([N+](=O)[O-])cc3)CC2)nc2ccccc12. The van der Waals surface area contributed by atoms with Crippen molar-refractivity contribution in [3.05, 3.63) is 64.2 Å². The summed E-state index contributed by atoms with van der Waals surface area (Å²) in [6, 6.07) is 15.3. The Balaban J connectivity index is 1.26. The van der Waals surface area contributed by atoms with Gasteiger partial charge in [0.1, 0.15) is 5.82 Å². The Morgan fingerprint density at radius 1 is 1.03 bits per heavy atom. The van der Waals surface area contributed by atoms with Crippen molar-refractivity contribution in [1.29, 1.82) is 0 Å². The summed E-state index contributed by atoms with van der Waals surface area (Å²) < 4.78 is 0. The molecule has 1 heterocycles. The molecule has 1 saturated carbocycles. The first-order valence-corrected chi connectivity index (χ1v) is 11.1. The third kappa shape index (κ3) is 5.31. The first kappa shape index (κ1) is 22.0. The van der Waals surface area contributed by atoms with Crippen molar-refractivity contribution in [1.82, 2.24) is 15.3 Å². The molecule has 0 amide bonds. The van der Waals surface area contributed by atoms with E-state index >= 15 is 0 Å². The Bertz CT molecular complexity index is 1060. The molecule has 4 rings (SSSR count). The maximum atomic E-state index is 10.8. The zero-order chi connectivity index (χ0) is 22.5. The predicted octanol–water partition coefficient (Wildman–Crippen LogP) is 4.36. The van der Waals surface area contributed by atoms with Gasteiger partial charge in [-0.15, -0.1) is 0 Å². The summed E-state index contributed by atoms with van der Waals surface area (Å²) in [6.07, 6.45) is 4.49. The third-order valence-electron chi connectivity index (χ3n) is 6.10. The summed E-state index contributed by atoms with van der Waals surface area (Å²) in [5, 5.41) is 18.9. The molecule has 168 valence electrons. The molecule has 8 heteroatoms. The lowest BCUT2D eigenvalue weighted by Crippen LogP contribution is -2.31. The molecule has 0 unspecified atom stereocenters. The van der Waals surface area contributed by atoms with Crippen LogP contribution in [0.5, 0.6) is 0 Å².